The van der Waals surface area contributed by atoms with Gasteiger partial charge in [0.25, 0.3) is 11.1 Å². The number of fused-ring (bicyclic) bond motifs is 3. The van der Waals surface area contributed by atoms with Gasteiger partial charge in [0.15, 0.2) is 0 Å². The number of aryl methyl sites for hydroxylation is 1. The van der Waals surface area contributed by atoms with Crippen molar-refractivity contribution in [2.75, 3.05) is 0 Å². The molecule has 25 heteroatoms. The van der Waals surface area contributed by atoms with Crippen LogP contribution in [0.4, 0.5) is 52.7 Å². The summed E-state index contributed by atoms with van der Waals surface area (Å²) in [6.45, 7) is 9.73. The molecular weight excluding hydrogens is 1140 g/mol. The van der Waals surface area contributed by atoms with Crippen LogP contribution in [0.1, 0.15) is 75.9 Å². The maximum absolute atomic E-state index is 14.5. The SMILES string of the molecule is C[C@H](c1c(F)cc(F)cc1F)n1cnc(=O)c2cc(Oc3cccc(-c4ccc5ncn(C)c5c4)c3C(F)(F)F)ccc21.C[C@H](c1c(F)cc(F)cc1F)n1cnc(=O)c2cc(Oc3cccc(B4OC(C)(C)C(C)(C)O4)c3C(F)(F)F)ccc21. The van der Waals surface area contributed by atoms with Crippen LogP contribution in [0.5, 0.6) is 23.0 Å². The highest BCUT2D eigenvalue weighted by Gasteiger charge is 2.54. The topological polar surface area (TPSA) is 125 Å². The molecule has 85 heavy (non-hydrogen) atoms. The molecule has 3 aromatic heterocycles. The van der Waals surface area contributed by atoms with Crippen molar-refractivity contribution >= 4 is 45.4 Å². The lowest BCUT2D eigenvalue weighted by Gasteiger charge is -2.32. The maximum atomic E-state index is 14.5. The number of ether oxygens (including phenoxy) is 2. The van der Waals surface area contributed by atoms with Crippen LogP contribution in [-0.4, -0.2) is 47.0 Å². The molecule has 0 N–H and O–H groups in total. The number of rotatable bonds is 10. The van der Waals surface area contributed by atoms with Crippen LogP contribution in [0.2, 0.25) is 0 Å². The predicted molar refractivity (Wildman–Crippen MR) is 291 cm³/mol. The Kier molecular flexibility index (Phi) is 15.3. The molecule has 1 saturated heterocycles. The van der Waals surface area contributed by atoms with Gasteiger partial charge in [-0.2, -0.15) is 36.3 Å². The van der Waals surface area contributed by atoms with Crippen molar-refractivity contribution < 1.29 is 71.5 Å². The molecule has 1 fully saturated rings. The average Bonchev–Trinajstić information content (AvgIpc) is 1.94. The lowest BCUT2D eigenvalue weighted by Crippen LogP contribution is -2.41. The quantitative estimate of drug-likeness (QED) is 0.0972. The highest BCUT2D eigenvalue weighted by atomic mass is 19.4. The Balaban J connectivity index is 0.000000189. The molecule has 4 heterocycles. The predicted octanol–water partition coefficient (Wildman–Crippen LogP) is 14.3. The second-order valence-electron chi connectivity index (χ2n) is 20.9. The van der Waals surface area contributed by atoms with Crippen molar-refractivity contribution in [3.63, 3.8) is 0 Å². The summed E-state index contributed by atoms with van der Waals surface area (Å²) in [4.78, 5) is 37.1. The summed E-state index contributed by atoms with van der Waals surface area (Å²) in [5.41, 5.74) is -4.78. The Morgan fingerprint density at radius 3 is 1.44 bits per heavy atom. The molecule has 10 aromatic rings. The fraction of sp³-hybridized carbons (Fsp3) is 0.217. The number of nitrogens with zero attached hydrogens (tertiary/aromatic N) is 6. The summed E-state index contributed by atoms with van der Waals surface area (Å²) >= 11 is 0. The third kappa shape index (κ3) is 11.3. The van der Waals surface area contributed by atoms with Crippen LogP contribution in [0.25, 0.3) is 44.0 Å². The van der Waals surface area contributed by atoms with Crippen molar-refractivity contribution in [3.05, 3.63) is 212 Å². The van der Waals surface area contributed by atoms with Gasteiger partial charge in [0.1, 0.15) is 63.5 Å². The number of hydrogen-bond donors (Lipinski definition) is 0. The summed E-state index contributed by atoms with van der Waals surface area (Å²) in [7, 11) is 0.413. The minimum Gasteiger partial charge on any atom is -0.457 e. The van der Waals surface area contributed by atoms with Gasteiger partial charge in [0.2, 0.25) is 0 Å². The number of aromatic nitrogens is 6. The molecule has 438 valence electrons. The third-order valence-electron chi connectivity index (χ3n) is 15.0. The average molecular weight is 1180 g/mol. The van der Waals surface area contributed by atoms with Crippen LogP contribution in [0.15, 0.2) is 144 Å². The van der Waals surface area contributed by atoms with Crippen LogP contribution >= 0.6 is 0 Å². The van der Waals surface area contributed by atoms with Crippen LogP contribution in [-0.2, 0) is 28.7 Å². The minimum atomic E-state index is -4.86. The number of benzene rings is 7. The van der Waals surface area contributed by atoms with Gasteiger partial charge >= 0.3 is 19.5 Å². The molecule has 2 atom stereocenters. The molecule has 1 aliphatic heterocycles. The zero-order chi connectivity index (χ0) is 61.4. The van der Waals surface area contributed by atoms with Crippen molar-refractivity contribution in [1.29, 1.82) is 0 Å². The van der Waals surface area contributed by atoms with Crippen LogP contribution in [0, 0.1) is 34.9 Å². The third-order valence-corrected chi connectivity index (χ3v) is 15.0. The summed E-state index contributed by atoms with van der Waals surface area (Å²) in [6, 6.07) is 20.2. The van der Waals surface area contributed by atoms with E-state index in [-0.39, 0.29) is 44.3 Å². The fourth-order valence-corrected chi connectivity index (χ4v) is 10.0. The standard InChI is InChI=1S/C31H20F6N4O2.C29H25BF6N2O4/c1-16(28-22(33)11-18(32)12-23(28)34)41-15-39-30(42)21-13-19(7-9-25(21)41)43-27-5-3-4-20(29(27)31(35,36)37)17-6-8-24-26(10-17)40(2)14-38-24;1-15(24-20(32)11-16(31)12-21(24)33)38-14-37-26(39)18-13-17(9-10-22(18)38)40-23-8-6-7-19(25(23)29(34,35)36)30-41-27(2,3)28(4,5)42-30/h3-16H,1-2H3;6-15H,1-5H3/t16-;15-/m11/s1. The smallest absolute Gasteiger partial charge is 0.457 e. The Morgan fingerprint density at radius 1 is 0.529 bits per heavy atom. The van der Waals surface area contributed by atoms with E-state index in [9.17, 15) is 62.3 Å². The minimum absolute atomic E-state index is 0.0684. The van der Waals surface area contributed by atoms with E-state index in [4.69, 9.17) is 18.8 Å². The molecule has 7 aromatic carbocycles. The first-order chi connectivity index (χ1) is 39.9. The molecule has 1 aliphatic rings. The van der Waals surface area contributed by atoms with E-state index >= 15 is 0 Å². The van der Waals surface area contributed by atoms with Gasteiger partial charge in [0, 0.05) is 42.4 Å². The molecule has 0 radical (unpaired) electrons. The summed E-state index contributed by atoms with van der Waals surface area (Å²) in [5, 5.41) is -0.151. The van der Waals surface area contributed by atoms with E-state index in [1.54, 1.807) is 63.8 Å². The normalized spacial score (nSPS) is 14.8. The van der Waals surface area contributed by atoms with E-state index in [2.05, 4.69) is 15.0 Å². The number of hydrogen-bond acceptors (Lipinski definition) is 9. The summed E-state index contributed by atoms with van der Waals surface area (Å²) < 4.78 is 199. The van der Waals surface area contributed by atoms with Gasteiger partial charge in [-0.15, -0.1) is 0 Å². The van der Waals surface area contributed by atoms with E-state index in [0.29, 0.717) is 40.9 Å². The first-order valence-corrected chi connectivity index (χ1v) is 25.8. The van der Waals surface area contributed by atoms with Crippen LogP contribution < -0.4 is 26.1 Å². The second kappa shape index (κ2) is 21.9. The maximum Gasteiger partial charge on any atom is 0.495 e. The molecule has 0 saturated carbocycles. The van der Waals surface area contributed by atoms with Crippen molar-refractivity contribution in [3.8, 4) is 34.1 Å². The lowest BCUT2D eigenvalue weighted by atomic mass is 9.75. The zero-order valence-corrected chi connectivity index (χ0v) is 45.6. The molecule has 0 aliphatic carbocycles. The van der Waals surface area contributed by atoms with Crippen molar-refractivity contribution in [2.45, 2.75) is 77.2 Å². The first-order valence-electron chi connectivity index (χ1n) is 25.8. The Bertz CT molecular complexity index is 4350. The largest absolute Gasteiger partial charge is 0.495 e. The van der Waals surface area contributed by atoms with Crippen LogP contribution in [0.3, 0.4) is 0 Å². The molecule has 12 nitrogen and oxygen atoms in total. The molecule has 0 spiro atoms. The van der Waals surface area contributed by atoms with E-state index in [1.807, 2.05) is 0 Å². The van der Waals surface area contributed by atoms with E-state index < -0.39 is 123 Å². The second-order valence-corrected chi connectivity index (χ2v) is 20.9. The fourth-order valence-electron chi connectivity index (χ4n) is 10.0. The highest BCUT2D eigenvalue weighted by Crippen LogP contribution is 2.46. The van der Waals surface area contributed by atoms with Gasteiger partial charge in [-0.25, -0.2) is 31.3 Å². The van der Waals surface area contributed by atoms with E-state index in [1.165, 1.54) is 89.7 Å². The Labute approximate surface area is 474 Å². The highest BCUT2D eigenvalue weighted by molar-refractivity contribution is 6.62. The van der Waals surface area contributed by atoms with Gasteiger partial charge in [-0.3, -0.25) is 9.59 Å². The van der Waals surface area contributed by atoms with Gasteiger partial charge < -0.3 is 32.5 Å². The van der Waals surface area contributed by atoms with Crippen molar-refractivity contribution in [2.24, 2.45) is 7.05 Å². The number of imidazole rings is 1. The monoisotopic (exact) mass is 1180 g/mol. The Hall–Kier alpha value is -8.97. The van der Waals surface area contributed by atoms with Crippen molar-refractivity contribution in [1.82, 2.24) is 28.7 Å². The van der Waals surface area contributed by atoms with E-state index in [0.717, 1.165) is 18.7 Å². The zero-order valence-electron chi connectivity index (χ0n) is 45.6. The summed E-state index contributed by atoms with van der Waals surface area (Å²) in [5.74, 6) is -7.96. The molecule has 11 rings (SSSR count). The number of alkyl halides is 6. The van der Waals surface area contributed by atoms with Gasteiger partial charge in [0.05, 0.1) is 80.7 Å². The first kappa shape index (κ1) is 59.2. The molecular formula is C60H45BF12N6O6. The Morgan fingerprint density at radius 2 is 0.976 bits per heavy atom. The number of halogens is 12. The van der Waals surface area contributed by atoms with Gasteiger partial charge in [-0.1, -0.05) is 30.3 Å². The molecule has 0 unspecified atom stereocenters. The van der Waals surface area contributed by atoms with Gasteiger partial charge in [-0.05, 0) is 119 Å². The molecule has 0 amide bonds. The summed E-state index contributed by atoms with van der Waals surface area (Å²) in [6.07, 6.45) is -5.94. The lowest BCUT2D eigenvalue weighted by molar-refractivity contribution is -0.138. The molecule has 0 bridgehead atoms.